The number of hydrogen-bond acceptors (Lipinski definition) is 4. The summed E-state index contributed by atoms with van der Waals surface area (Å²) in [5.41, 5.74) is 6.03. The molecule has 0 aliphatic carbocycles. The number of nitrogens with two attached hydrogens (primary N) is 1. The first-order valence-electron chi connectivity index (χ1n) is 5.44. The van der Waals surface area contributed by atoms with Gasteiger partial charge in [0.25, 0.3) is 0 Å². The fourth-order valence-corrected chi connectivity index (χ4v) is 1.26. The maximum atomic E-state index is 9.84. The Morgan fingerprint density at radius 1 is 1.50 bits per heavy atom. The number of benzene rings is 1. The number of aromatic hydroxyl groups is 1. The maximum absolute atomic E-state index is 9.84. The molecule has 4 heteroatoms. The molecular formula is C12H18N2O2. The van der Waals surface area contributed by atoms with Gasteiger partial charge in [-0.2, -0.15) is 0 Å². The zero-order chi connectivity index (χ0) is 11.8. The normalized spacial score (nSPS) is 10.9. The van der Waals surface area contributed by atoms with E-state index in [-0.39, 0.29) is 5.75 Å². The van der Waals surface area contributed by atoms with Crippen LogP contribution < -0.4 is 10.5 Å². The summed E-state index contributed by atoms with van der Waals surface area (Å²) in [5, 5.41) is 9.84. The van der Waals surface area contributed by atoms with Gasteiger partial charge in [0.1, 0.15) is 0 Å². The van der Waals surface area contributed by atoms with Gasteiger partial charge in [-0.15, -0.1) is 0 Å². The lowest BCUT2D eigenvalue weighted by Gasteiger charge is -2.06. The van der Waals surface area contributed by atoms with Crippen LogP contribution in [0.4, 0.5) is 0 Å². The van der Waals surface area contributed by atoms with Gasteiger partial charge in [0.15, 0.2) is 11.5 Å². The average Bonchev–Trinajstić information content (AvgIpc) is 2.29. The van der Waals surface area contributed by atoms with Crippen molar-refractivity contribution in [2.75, 3.05) is 19.7 Å². The van der Waals surface area contributed by atoms with Crippen LogP contribution in [-0.2, 0) is 0 Å². The Labute approximate surface area is 95.8 Å². The number of rotatable bonds is 6. The van der Waals surface area contributed by atoms with Gasteiger partial charge in [-0.25, -0.2) is 0 Å². The molecule has 0 saturated carbocycles. The molecule has 88 valence electrons. The molecule has 1 aromatic rings. The van der Waals surface area contributed by atoms with Crippen LogP contribution in [0.15, 0.2) is 23.2 Å². The Morgan fingerprint density at radius 2 is 2.31 bits per heavy atom. The van der Waals surface area contributed by atoms with Crippen LogP contribution in [0.3, 0.4) is 0 Å². The minimum Gasteiger partial charge on any atom is -0.504 e. The molecule has 0 bridgehead atoms. The van der Waals surface area contributed by atoms with Crippen LogP contribution in [0, 0.1) is 0 Å². The van der Waals surface area contributed by atoms with E-state index in [1.165, 1.54) is 0 Å². The summed E-state index contributed by atoms with van der Waals surface area (Å²) >= 11 is 0. The van der Waals surface area contributed by atoms with Crippen LogP contribution >= 0.6 is 0 Å². The second-order valence-corrected chi connectivity index (χ2v) is 3.30. The van der Waals surface area contributed by atoms with Crippen LogP contribution in [0.2, 0.25) is 0 Å². The number of ether oxygens (including phenoxy) is 1. The van der Waals surface area contributed by atoms with Crippen LogP contribution in [0.5, 0.6) is 11.5 Å². The molecule has 0 saturated heterocycles. The average molecular weight is 222 g/mol. The Bertz CT molecular complexity index is 351. The van der Waals surface area contributed by atoms with E-state index < -0.39 is 0 Å². The topological polar surface area (TPSA) is 67.8 Å². The molecule has 0 fully saturated rings. The van der Waals surface area contributed by atoms with Gasteiger partial charge in [0.2, 0.25) is 0 Å². The summed E-state index contributed by atoms with van der Waals surface area (Å²) in [6.45, 7) is 3.71. The van der Waals surface area contributed by atoms with Gasteiger partial charge in [-0.1, -0.05) is 6.07 Å². The summed E-state index contributed by atoms with van der Waals surface area (Å²) in [6.07, 6.45) is 2.50. The molecule has 16 heavy (non-hydrogen) atoms. The number of aliphatic imine (C=N–C) groups is 1. The highest BCUT2D eigenvalue weighted by Crippen LogP contribution is 2.28. The van der Waals surface area contributed by atoms with E-state index in [1.54, 1.807) is 18.3 Å². The van der Waals surface area contributed by atoms with Gasteiger partial charge in [-0.05, 0) is 32.0 Å². The van der Waals surface area contributed by atoms with Crippen molar-refractivity contribution in [3.63, 3.8) is 0 Å². The summed E-state index contributed by atoms with van der Waals surface area (Å²) in [6, 6.07) is 5.36. The highest BCUT2D eigenvalue weighted by atomic mass is 16.5. The fraction of sp³-hybridized carbons (Fsp3) is 0.417. The lowest BCUT2D eigenvalue weighted by Crippen LogP contribution is -2.00. The van der Waals surface area contributed by atoms with Crippen molar-refractivity contribution >= 4 is 6.21 Å². The molecule has 0 aliphatic heterocycles. The largest absolute Gasteiger partial charge is 0.504 e. The quantitative estimate of drug-likeness (QED) is 0.567. The minimum absolute atomic E-state index is 0.140. The zero-order valence-electron chi connectivity index (χ0n) is 9.52. The molecule has 1 rings (SSSR count). The Balaban J connectivity index is 2.72. The standard InChI is InChI=1S/C12H18N2O2/c1-2-16-11-6-3-5-10(12(11)15)9-14-8-4-7-13/h3,5-6,9,15H,2,4,7-8,13H2,1H3. The van der Waals surface area contributed by atoms with E-state index in [9.17, 15) is 5.11 Å². The monoisotopic (exact) mass is 222 g/mol. The van der Waals surface area contributed by atoms with Crippen molar-refractivity contribution < 1.29 is 9.84 Å². The first kappa shape index (κ1) is 12.5. The number of phenolic OH excluding ortho intramolecular Hbond substituents is 1. The van der Waals surface area contributed by atoms with Crippen molar-refractivity contribution in [2.45, 2.75) is 13.3 Å². The predicted molar refractivity (Wildman–Crippen MR) is 65.4 cm³/mol. The second-order valence-electron chi connectivity index (χ2n) is 3.30. The highest BCUT2D eigenvalue weighted by molar-refractivity contribution is 5.84. The molecule has 0 unspecified atom stereocenters. The van der Waals surface area contributed by atoms with Crippen molar-refractivity contribution in [3.05, 3.63) is 23.8 Å². The van der Waals surface area contributed by atoms with Gasteiger partial charge in [-0.3, -0.25) is 4.99 Å². The number of para-hydroxylation sites is 1. The number of nitrogens with zero attached hydrogens (tertiary/aromatic N) is 1. The molecule has 0 spiro atoms. The Morgan fingerprint density at radius 3 is 3.00 bits per heavy atom. The van der Waals surface area contributed by atoms with E-state index in [0.717, 1.165) is 6.42 Å². The van der Waals surface area contributed by atoms with Gasteiger partial charge < -0.3 is 15.6 Å². The van der Waals surface area contributed by atoms with E-state index in [1.807, 2.05) is 13.0 Å². The van der Waals surface area contributed by atoms with Gasteiger partial charge >= 0.3 is 0 Å². The summed E-state index contributed by atoms with van der Waals surface area (Å²) < 4.78 is 5.27. The molecule has 0 amide bonds. The summed E-state index contributed by atoms with van der Waals surface area (Å²) in [7, 11) is 0. The molecule has 4 nitrogen and oxygen atoms in total. The maximum Gasteiger partial charge on any atom is 0.166 e. The van der Waals surface area contributed by atoms with Gasteiger partial charge in [0.05, 0.1) is 6.61 Å². The number of phenols is 1. The third-order valence-electron chi connectivity index (χ3n) is 2.05. The van der Waals surface area contributed by atoms with Crippen molar-refractivity contribution in [2.24, 2.45) is 10.7 Å². The molecule has 0 atom stereocenters. The van der Waals surface area contributed by atoms with E-state index in [4.69, 9.17) is 10.5 Å². The third kappa shape index (κ3) is 3.55. The molecule has 1 aromatic carbocycles. The Kier molecular flexibility index (Phi) is 5.36. The van der Waals surface area contributed by atoms with Gasteiger partial charge in [0, 0.05) is 18.3 Å². The molecule has 0 radical (unpaired) electrons. The fourth-order valence-electron chi connectivity index (χ4n) is 1.26. The van der Waals surface area contributed by atoms with Crippen molar-refractivity contribution in [3.8, 4) is 11.5 Å². The van der Waals surface area contributed by atoms with Crippen LogP contribution in [0.1, 0.15) is 18.9 Å². The van der Waals surface area contributed by atoms with E-state index in [0.29, 0.717) is 31.0 Å². The molecular weight excluding hydrogens is 204 g/mol. The van der Waals surface area contributed by atoms with Crippen molar-refractivity contribution in [1.29, 1.82) is 0 Å². The molecule has 0 aliphatic rings. The second kappa shape index (κ2) is 6.85. The first-order valence-corrected chi connectivity index (χ1v) is 5.44. The van der Waals surface area contributed by atoms with Crippen LogP contribution in [-0.4, -0.2) is 31.0 Å². The first-order chi connectivity index (χ1) is 7.79. The zero-order valence-corrected chi connectivity index (χ0v) is 9.52. The molecule has 0 heterocycles. The predicted octanol–water partition coefficient (Wildman–Crippen LogP) is 1.56. The lowest BCUT2D eigenvalue weighted by atomic mass is 10.2. The lowest BCUT2D eigenvalue weighted by molar-refractivity contribution is 0.318. The smallest absolute Gasteiger partial charge is 0.166 e. The Hall–Kier alpha value is -1.55. The van der Waals surface area contributed by atoms with Crippen molar-refractivity contribution in [1.82, 2.24) is 0 Å². The van der Waals surface area contributed by atoms with E-state index in [2.05, 4.69) is 4.99 Å². The van der Waals surface area contributed by atoms with Crippen LogP contribution in [0.25, 0.3) is 0 Å². The summed E-state index contributed by atoms with van der Waals surface area (Å²) in [4.78, 5) is 4.17. The summed E-state index contributed by atoms with van der Waals surface area (Å²) in [5.74, 6) is 0.631. The molecule has 0 aromatic heterocycles. The SMILES string of the molecule is CCOc1cccc(C=NCCCN)c1O. The molecule has 3 N–H and O–H groups in total. The van der Waals surface area contributed by atoms with E-state index >= 15 is 0 Å². The number of hydrogen-bond donors (Lipinski definition) is 2. The minimum atomic E-state index is 0.140. The third-order valence-corrected chi connectivity index (χ3v) is 2.05. The highest BCUT2D eigenvalue weighted by Gasteiger charge is 2.04.